The summed E-state index contributed by atoms with van der Waals surface area (Å²) in [6.45, 7) is 4.92. The molecule has 0 aromatic heterocycles. The van der Waals surface area contributed by atoms with Gasteiger partial charge in [-0.2, -0.15) is 0 Å². The topological polar surface area (TPSA) is 179 Å². The van der Waals surface area contributed by atoms with Crippen molar-refractivity contribution in [2.75, 3.05) is 20.8 Å². The Kier molecular flexibility index (Phi) is 11.1. The zero-order chi connectivity index (χ0) is 26.9. The van der Waals surface area contributed by atoms with Gasteiger partial charge in [0, 0.05) is 41.7 Å². The van der Waals surface area contributed by atoms with E-state index in [0.29, 0.717) is 0 Å². The van der Waals surface area contributed by atoms with Crippen LogP contribution in [0.3, 0.4) is 0 Å². The highest BCUT2D eigenvalue weighted by Gasteiger charge is 2.58. The van der Waals surface area contributed by atoms with Gasteiger partial charge in [-0.3, -0.25) is 24.0 Å². The lowest BCUT2D eigenvalue weighted by atomic mass is 9.88. The van der Waals surface area contributed by atoms with E-state index >= 15 is 0 Å². The van der Waals surface area contributed by atoms with Gasteiger partial charge in [-0.15, -0.1) is 0 Å². The molecule has 0 spiro atoms. The van der Waals surface area contributed by atoms with E-state index in [-0.39, 0.29) is 0 Å². The molecule has 1 amide bonds. The van der Waals surface area contributed by atoms with Crippen LogP contribution < -0.4 is 5.32 Å². The van der Waals surface area contributed by atoms with Crippen molar-refractivity contribution in [2.24, 2.45) is 0 Å². The number of nitrogens with one attached hydrogen (secondary N) is 1. The van der Waals surface area contributed by atoms with Crippen molar-refractivity contribution >= 4 is 35.8 Å². The van der Waals surface area contributed by atoms with Crippen LogP contribution in [0.2, 0.25) is 0 Å². The van der Waals surface area contributed by atoms with Gasteiger partial charge in [0.1, 0.15) is 18.8 Å². The molecule has 0 aromatic carbocycles. The van der Waals surface area contributed by atoms with Crippen LogP contribution in [0.1, 0.15) is 41.0 Å². The van der Waals surface area contributed by atoms with E-state index < -0.39 is 85.0 Å². The van der Waals surface area contributed by atoms with E-state index in [1.165, 1.54) is 6.92 Å². The Labute approximate surface area is 201 Å². The standard InChI is InChI=1S/C21H31NO13/c1-10(23)22-17-15(32-12(3)25)8-21(30-7,20(28)29-6)35-19(17)18(34-14(5)27)16(33-13(4)26)9-31-11(2)24/h15-19H,8-9H2,1-7H3,(H,22,23)/t15?,16-,17-,18-,19?,21-/m1/s1. The second kappa shape index (κ2) is 13.0. The molecule has 0 aromatic rings. The molecule has 1 heterocycles. The molecule has 0 bridgehead atoms. The third-order valence-electron chi connectivity index (χ3n) is 4.82. The normalized spacial score (nSPS) is 25.3. The summed E-state index contributed by atoms with van der Waals surface area (Å²) in [5.41, 5.74) is 0. The first-order chi connectivity index (χ1) is 16.3. The van der Waals surface area contributed by atoms with E-state index in [1.54, 1.807) is 0 Å². The average Bonchev–Trinajstić information content (AvgIpc) is 2.74. The number of methoxy groups -OCH3 is 2. The van der Waals surface area contributed by atoms with Crippen LogP contribution in [0.5, 0.6) is 0 Å². The SMILES string of the molecule is COC(=O)[C@@]1(OC)CC(OC(C)=O)[C@@H](NC(C)=O)C([C@H](OC(C)=O)[C@@H](COC(C)=O)OC(C)=O)O1. The molecule has 198 valence electrons. The fourth-order valence-electron chi connectivity index (χ4n) is 3.61. The van der Waals surface area contributed by atoms with E-state index in [1.807, 2.05) is 0 Å². The summed E-state index contributed by atoms with van der Waals surface area (Å²) >= 11 is 0. The highest BCUT2D eigenvalue weighted by Crippen LogP contribution is 2.36. The third kappa shape index (κ3) is 8.47. The maximum absolute atomic E-state index is 12.7. The molecule has 0 radical (unpaired) electrons. The summed E-state index contributed by atoms with van der Waals surface area (Å²) in [7, 11) is 2.19. The number of rotatable bonds is 10. The summed E-state index contributed by atoms with van der Waals surface area (Å²) in [6, 6.07) is -1.23. The smallest absolute Gasteiger partial charge is 0.366 e. The summed E-state index contributed by atoms with van der Waals surface area (Å²) in [4.78, 5) is 71.8. The molecule has 14 nitrogen and oxygen atoms in total. The van der Waals surface area contributed by atoms with Crippen molar-refractivity contribution in [3.8, 4) is 0 Å². The number of hydrogen-bond donors (Lipinski definition) is 1. The lowest BCUT2D eigenvalue weighted by Gasteiger charge is -2.48. The average molecular weight is 505 g/mol. The van der Waals surface area contributed by atoms with Crippen LogP contribution in [0, 0.1) is 0 Å². The molecular weight excluding hydrogens is 474 g/mol. The highest BCUT2D eigenvalue weighted by molar-refractivity contribution is 5.79. The fraction of sp³-hybridized carbons (Fsp3) is 0.714. The quantitative estimate of drug-likeness (QED) is 0.287. The summed E-state index contributed by atoms with van der Waals surface area (Å²) in [5, 5.41) is 2.54. The Morgan fingerprint density at radius 3 is 1.94 bits per heavy atom. The van der Waals surface area contributed by atoms with Gasteiger partial charge >= 0.3 is 29.8 Å². The Bertz CT molecular complexity index is 828. The fourth-order valence-corrected chi connectivity index (χ4v) is 3.61. The monoisotopic (exact) mass is 505 g/mol. The lowest BCUT2D eigenvalue weighted by Crippen LogP contribution is -2.69. The van der Waals surface area contributed by atoms with E-state index in [2.05, 4.69) is 5.32 Å². The minimum atomic E-state index is -2.17. The molecule has 1 aliphatic rings. The first kappa shape index (κ1) is 29.8. The van der Waals surface area contributed by atoms with Gasteiger partial charge in [-0.05, 0) is 0 Å². The zero-order valence-corrected chi connectivity index (χ0v) is 20.6. The van der Waals surface area contributed by atoms with Crippen molar-refractivity contribution < 1.29 is 61.9 Å². The molecule has 2 unspecified atom stereocenters. The number of carbonyl (C=O) groups excluding carboxylic acids is 6. The highest BCUT2D eigenvalue weighted by atomic mass is 16.7. The zero-order valence-electron chi connectivity index (χ0n) is 20.6. The molecule has 0 aliphatic carbocycles. The molecule has 1 N–H and O–H groups in total. The molecule has 1 saturated heterocycles. The molecule has 1 fully saturated rings. The summed E-state index contributed by atoms with van der Waals surface area (Å²) in [5.74, 6) is -6.96. The minimum Gasteiger partial charge on any atom is -0.465 e. The number of ether oxygens (including phenoxy) is 7. The largest absolute Gasteiger partial charge is 0.465 e. The predicted octanol–water partition coefficient (Wildman–Crippen LogP) is -0.846. The van der Waals surface area contributed by atoms with Gasteiger partial charge < -0.3 is 38.5 Å². The van der Waals surface area contributed by atoms with Crippen LogP contribution in [-0.2, 0) is 61.9 Å². The van der Waals surface area contributed by atoms with Crippen molar-refractivity contribution in [1.82, 2.24) is 5.32 Å². The molecule has 1 aliphatic heterocycles. The summed E-state index contributed by atoms with van der Waals surface area (Å²) < 4.78 is 36.9. The maximum Gasteiger partial charge on any atom is 0.366 e. The maximum atomic E-state index is 12.7. The second-order valence-electron chi connectivity index (χ2n) is 7.63. The number of amides is 1. The Morgan fingerprint density at radius 1 is 0.914 bits per heavy atom. The van der Waals surface area contributed by atoms with Gasteiger partial charge in [0.05, 0.1) is 19.6 Å². The first-order valence-corrected chi connectivity index (χ1v) is 10.5. The molecule has 1 rings (SSSR count). The number of esters is 5. The van der Waals surface area contributed by atoms with Crippen LogP contribution >= 0.6 is 0 Å². The van der Waals surface area contributed by atoms with Crippen LogP contribution in [-0.4, -0.2) is 92.8 Å². The van der Waals surface area contributed by atoms with Crippen LogP contribution in [0.25, 0.3) is 0 Å². The van der Waals surface area contributed by atoms with Gasteiger partial charge in [0.2, 0.25) is 5.91 Å². The van der Waals surface area contributed by atoms with E-state index in [4.69, 9.17) is 33.2 Å². The predicted molar refractivity (Wildman–Crippen MR) is 112 cm³/mol. The minimum absolute atomic E-state index is 0.411. The van der Waals surface area contributed by atoms with Crippen molar-refractivity contribution in [3.05, 3.63) is 0 Å². The van der Waals surface area contributed by atoms with Gasteiger partial charge in [0.25, 0.3) is 5.79 Å². The summed E-state index contributed by atoms with van der Waals surface area (Å²) in [6.07, 6.45) is -6.22. The Hall–Kier alpha value is -3.26. The van der Waals surface area contributed by atoms with Crippen molar-refractivity contribution in [2.45, 2.75) is 77.3 Å². The van der Waals surface area contributed by atoms with E-state index in [0.717, 1.165) is 41.9 Å². The van der Waals surface area contributed by atoms with Crippen molar-refractivity contribution in [1.29, 1.82) is 0 Å². The molecule has 6 atom stereocenters. The Morgan fingerprint density at radius 2 is 1.51 bits per heavy atom. The third-order valence-corrected chi connectivity index (χ3v) is 4.82. The molecular formula is C21H31NO13. The van der Waals surface area contributed by atoms with Gasteiger partial charge in [0.15, 0.2) is 12.2 Å². The second-order valence-corrected chi connectivity index (χ2v) is 7.63. The first-order valence-electron chi connectivity index (χ1n) is 10.5. The molecule has 35 heavy (non-hydrogen) atoms. The number of carbonyl (C=O) groups is 6. The number of hydrogen-bond acceptors (Lipinski definition) is 13. The van der Waals surface area contributed by atoms with Crippen LogP contribution in [0.15, 0.2) is 0 Å². The van der Waals surface area contributed by atoms with Gasteiger partial charge in [-0.25, -0.2) is 4.79 Å². The molecule has 0 saturated carbocycles. The lowest BCUT2D eigenvalue weighted by molar-refractivity contribution is -0.307. The van der Waals surface area contributed by atoms with Crippen molar-refractivity contribution in [3.63, 3.8) is 0 Å². The van der Waals surface area contributed by atoms with Crippen LogP contribution in [0.4, 0.5) is 0 Å². The van der Waals surface area contributed by atoms with Gasteiger partial charge in [-0.1, -0.05) is 0 Å². The molecule has 14 heteroatoms. The van der Waals surface area contributed by atoms with E-state index in [9.17, 15) is 28.8 Å². The Balaban J connectivity index is 3.72.